The molecule has 0 radical (unpaired) electrons. The molecular formula is C12H18N4S. The molecule has 92 valence electrons. The zero-order chi connectivity index (χ0) is 12.1. The lowest BCUT2D eigenvalue weighted by atomic mass is 10.3. The first-order chi connectivity index (χ1) is 8.29. The molecule has 2 rings (SSSR count). The zero-order valence-electron chi connectivity index (χ0n) is 10.3. The number of nitrogens with zero attached hydrogens (tertiary/aromatic N) is 3. The second-order valence-electron chi connectivity index (χ2n) is 3.92. The van der Waals surface area contributed by atoms with Gasteiger partial charge in [-0.1, -0.05) is 0 Å². The van der Waals surface area contributed by atoms with Crippen molar-refractivity contribution >= 4 is 11.3 Å². The van der Waals surface area contributed by atoms with Gasteiger partial charge >= 0.3 is 0 Å². The number of rotatable bonds is 6. The van der Waals surface area contributed by atoms with E-state index in [1.54, 1.807) is 11.3 Å². The summed E-state index contributed by atoms with van der Waals surface area (Å²) in [5, 5.41) is 10.9. The summed E-state index contributed by atoms with van der Waals surface area (Å²) in [4.78, 5) is 4.44. The summed E-state index contributed by atoms with van der Waals surface area (Å²) in [7, 11) is 0. The molecule has 0 saturated heterocycles. The lowest BCUT2D eigenvalue weighted by molar-refractivity contribution is 0.581. The molecule has 0 saturated carbocycles. The van der Waals surface area contributed by atoms with Gasteiger partial charge in [0.25, 0.3) is 0 Å². The molecule has 5 heteroatoms. The van der Waals surface area contributed by atoms with Crippen molar-refractivity contribution in [2.75, 3.05) is 6.54 Å². The van der Waals surface area contributed by atoms with Gasteiger partial charge in [-0.2, -0.15) is 5.10 Å². The molecule has 0 unspecified atom stereocenters. The van der Waals surface area contributed by atoms with Crippen LogP contribution in [-0.4, -0.2) is 21.3 Å². The fourth-order valence-electron chi connectivity index (χ4n) is 1.75. The quantitative estimate of drug-likeness (QED) is 0.797. The SMILES string of the molecule is CCn1nccc1CNCCc1csc(C)n1. The topological polar surface area (TPSA) is 42.7 Å². The van der Waals surface area contributed by atoms with Crippen molar-refractivity contribution in [3.63, 3.8) is 0 Å². The van der Waals surface area contributed by atoms with Gasteiger partial charge in [0, 0.05) is 37.6 Å². The minimum atomic E-state index is 0.872. The molecule has 0 amide bonds. The fourth-order valence-corrected chi connectivity index (χ4v) is 2.40. The van der Waals surface area contributed by atoms with Crippen LogP contribution in [0.3, 0.4) is 0 Å². The molecule has 17 heavy (non-hydrogen) atoms. The monoisotopic (exact) mass is 250 g/mol. The maximum absolute atomic E-state index is 4.44. The third-order valence-electron chi connectivity index (χ3n) is 2.63. The second kappa shape index (κ2) is 5.93. The Kier molecular flexibility index (Phi) is 4.28. The number of hydrogen-bond acceptors (Lipinski definition) is 4. The van der Waals surface area contributed by atoms with Gasteiger partial charge in [0.1, 0.15) is 0 Å². The molecule has 0 aliphatic carbocycles. The molecule has 0 bridgehead atoms. The van der Waals surface area contributed by atoms with Crippen molar-refractivity contribution < 1.29 is 0 Å². The van der Waals surface area contributed by atoms with Crippen LogP contribution in [0.15, 0.2) is 17.6 Å². The summed E-state index contributed by atoms with van der Waals surface area (Å²) < 4.78 is 2.01. The van der Waals surface area contributed by atoms with E-state index in [2.05, 4.69) is 33.8 Å². The minimum Gasteiger partial charge on any atom is -0.311 e. The van der Waals surface area contributed by atoms with Gasteiger partial charge < -0.3 is 5.32 Å². The van der Waals surface area contributed by atoms with Crippen LogP contribution in [0.1, 0.15) is 23.3 Å². The highest BCUT2D eigenvalue weighted by Crippen LogP contribution is 2.07. The number of hydrogen-bond donors (Lipinski definition) is 1. The van der Waals surface area contributed by atoms with Gasteiger partial charge in [-0.05, 0) is 19.9 Å². The predicted octanol–water partition coefficient (Wildman–Crippen LogP) is 2.00. The third-order valence-corrected chi connectivity index (χ3v) is 3.46. The first-order valence-electron chi connectivity index (χ1n) is 5.92. The van der Waals surface area contributed by atoms with E-state index in [4.69, 9.17) is 0 Å². The van der Waals surface area contributed by atoms with E-state index in [-0.39, 0.29) is 0 Å². The Balaban J connectivity index is 1.73. The van der Waals surface area contributed by atoms with Crippen molar-refractivity contribution in [2.24, 2.45) is 0 Å². The number of aromatic nitrogens is 3. The Hall–Kier alpha value is -1.20. The smallest absolute Gasteiger partial charge is 0.0897 e. The van der Waals surface area contributed by atoms with E-state index in [0.717, 1.165) is 31.1 Å². The molecule has 4 nitrogen and oxygen atoms in total. The molecule has 0 fully saturated rings. The zero-order valence-corrected chi connectivity index (χ0v) is 11.1. The summed E-state index contributed by atoms with van der Waals surface area (Å²) in [5.74, 6) is 0. The Morgan fingerprint density at radius 1 is 1.47 bits per heavy atom. The van der Waals surface area contributed by atoms with Crippen LogP contribution in [0.2, 0.25) is 0 Å². The molecule has 2 aromatic heterocycles. The number of aryl methyl sites for hydroxylation is 2. The van der Waals surface area contributed by atoms with Crippen LogP contribution < -0.4 is 5.32 Å². The highest BCUT2D eigenvalue weighted by Gasteiger charge is 2.01. The Bertz CT molecular complexity index is 461. The summed E-state index contributed by atoms with van der Waals surface area (Å²) in [6.07, 6.45) is 2.84. The average molecular weight is 250 g/mol. The predicted molar refractivity (Wildman–Crippen MR) is 70.2 cm³/mol. The van der Waals surface area contributed by atoms with Crippen molar-refractivity contribution in [1.29, 1.82) is 0 Å². The van der Waals surface area contributed by atoms with Gasteiger partial charge in [-0.25, -0.2) is 4.98 Å². The van der Waals surface area contributed by atoms with Crippen LogP contribution in [0.5, 0.6) is 0 Å². The molecule has 0 atom stereocenters. The fraction of sp³-hybridized carbons (Fsp3) is 0.500. The Morgan fingerprint density at radius 2 is 2.35 bits per heavy atom. The maximum atomic E-state index is 4.44. The summed E-state index contributed by atoms with van der Waals surface area (Å²) in [6, 6.07) is 2.06. The molecule has 2 aromatic rings. The summed E-state index contributed by atoms with van der Waals surface area (Å²) in [6.45, 7) is 6.90. The number of nitrogens with one attached hydrogen (secondary N) is 1. The average Bonchev–Trinajstić information content (AvgIpc) is 2.93. The van der Waals surface area contributed by atoms with Gasteiger partial charge in [-0.3, -0.25) is 4.68 Å². The second-order valence-corrected chi connectivity index (χ2v) is 4.99. The maximum Gasteiger partial charge on any atom is 0.0897 e. The van der Waals surface area contributed by atoms with Crippen LogP contribution >= 0.6 is 11.3 Å². The van der Waals surface area contributed by atoms with E-state index in [9.17, 15) is 0 Å². The van der Waals surface area contributed by atoms with Gasteiger partial charge in [0.05, 0.1) is 16.4 Å². The first kappa shape index (κ1) is 12.3. The molecular weight excluding hydrogens is 232 g/mol. The van der Waals surface area contributed by atoms with Crippen molar-refractivity contribution in [3.05, 3.63) is 34.0 Å². The van der Waals surface area contributed by atoms with E-state index in [1.165, 1.54) is 11.4 Å². The van der Waals surface area contributed by atoms with Crippen molar-refractivity contribution in [2.45, 2.75) is 33.4 Å². The van der Waals surface area contributed by atoms with Crippen LogP contribution in [0.25, 0.3) is 0 Å². The third kappa shape index (κ3) is 3.38. The Morgan fingerprint density at radius 3 is 3.06 bits per heavy atom. The van der Waals surface area contributed by atoms with E-state index in [0.29, 0.717) is 0 Å². The lowest BCUT2D eigenvalue weighted by Crippen LogP contribution is -2.19. The number of thiazole rings is 1. The van der Waals surface area contributed by atoms with E-state index in [1.807, 2.05) is 17.8 Å². The molecule has 1 N–H and O–H groups in total. The van der Waals surface area contributed by atoms with E-state index >= 15 is 0 Å². The van der Waals surface area contributed by atoms with Crippen molar-refractivity contribution in [1.82, 2.24) is 20.1 Å². The summed E-state index contributed by atoms with van der Waals surface area (Å²) >= 11 is 1.71. The van der Waals surface area contributed by atoms with Crippen molar-refractivity contribution in [3.8, 4) is 0 Å². The van der Waals surface area contributed by atoms with Gasteiger partial charge in [0.15, 0.2) is 0 Å². The molecule has 0 aliphatic heterocycles. The lowest BCUT2D eigenvalue weighted by Gasteiger charge is -2.05. The van der Waals surface area contributed by atoms with Crippen LogP contribution in [0, 0.1) is 6.92 Å². The molecule has 0 spiro atoms. The molecule has 0 aromatic carbocycles. The molecule has 0 aliphatic rings. The minimum absolute atomic E-state index is 0.872. The van der Waals surface area contributed by atoms with E-state index < -0.39 is 0 Å². The summed E-state index contributed by atoms with van der Waals surface area (Å²) in [5.41, 5.74) is 2.42. The van der Waals surface area contributed by atoms with Gasteiger partial charge in [-0.15, -0.1) is 11.3 Å². The molecule has 2 heterocycles. The Labute approximate surface area is 106 Å². The highest BCUT2D eigenvalue weighted by molar-refractivity contribution is 7.09. The highest BCUT2D eigenvalue weighted by atomic mass is 32.1. The van der Waals surface area contributed by atoms with Crippen LogP contribution in [-0.2, 0) is 19.5 Å². The largest absolute Gasteiger partial charge is 0.311 e. The normalized spacial score (nSPS) is 10.9. The van der Waals surface area contributed by atoms with Crippen LogP contribution in [0.4, 0.5) is 0 Å². The standard InChI is InChI=1S/C12H18N4S/c1-3-16-12(5-7-14-16)8-13-6-4-11-9-17-10(2)15-11/h5,7,9,13H,3-4,6,8H2,1-2H3. The van der Waals surface area contributed by atoms with Gasteiger partial charge in [0.2, 0.25) is 0 Å². The first-order valence-corrected chi connectivity index (χ1v) is 6.80.